The second-order valence-electron chi connectivity index (χ2n) is 3.35. The first-order valence-electron chi connectivity index (χ1n) is 4.72. The predicted octanol–water partition coefficient (Wildman–Crippen LogP) is 1.72. The molecular formula is C10H12ClFN2O4. The summed E-state index contributed by atoms with van der Waals surface area (Å²) in [5, 5.41) is 10.7. The lowest BCUT2D eigenvalue weighted by Gasteiger charge is -2.10. The summed E-state index contributed by atoms with van der Waals surface area (Å²) in [4.78, 5) is 21.0. The van der Waals surface area contributed by atoms with E-state index in [-0.39, 0.29) is 24.4 Å². The van der Waals surface area contributed by atoms with Crippen LogP contribution >= 0.6 is 12.4 Å². The van der Waals surface area contributed by atoms with Crippen molar-refractivity contribution in [1.29, 1.82) is 0 Å². The summed E-state index contributed by atoms with van der Waals surface area (Å²) in [6, 6.07) is 2.12. The average Bonchev–Trinajstić information content (AvgIpc) is 2.28. The van der Waals surface area contributed by atoms with Crippen LogP contribution in [-0.4, -0.2) is 18.0 Å². The van der Waals surface area contributed by atoms with Crippen LogP contribution in [0.25, 0.3) is 0 Å². The summed E-state index contributed by atoms with van der Waals surface area (Å²) < 4.78 is 17.3. The van der Waals surface area contributed by atoms with E-state index < -0.39 is 28.4 Å². The van der Waals surface area contributed by atoms with Gasteiger partial charge >= 0.3 is 5.97 Å². The van der Waals surface area contributed by atoms with E-state index in [1.165, 1.54) is 13.2 Å². The van der Waals surface area contributed by atoms with Gasteiger partial charge in [0.25, 0.3) is 5.69 Å². The lowest BCUT2D eigenvalue weighted by atomic mass is 10.0. The van der Waals surface area contributed by atoms with Crippen LogP contribution in [0.3, 0.4) is 0 Å². The minimum atomic E-state index is -0.900. The summed E-state index contributed by atoms with van der Waals surface area (Å²) in [5.74, 6) is -1.32. The zero-order valence-corrected chi connectivity index (χ0v) is 10.3. The average molecular weight is 279 g/mol. The van der Waals surface area contributed by atoms with E-state index in [0.29, 0.717) is 0 Å². The third kappa shape index (κ3) is 3.94. The smallest absolute Gasteiger partial charge is 0.307 e. The fourth-order valence-electron chi connectivity index (χ4n) is 1.36. The van der Waals surface area contributed by atoms with Crippen molar-refractivity contribution in [2.24, 2.45) is 5.73 Å². The summed E-state index contributed by atoms with van der Waals surface area (Å²) in [7, 11) is 1.19. The number of nitro benzene ring substituents is 1. The fourth-order valence-corrected chi connectivity index (χ4v) is 1.36. The standard InChI is InChI=1S/C10H11FN2O4.ClH/c1-17-10(14)5-8(12)7-3-2-6(11)4-9(7)13(15)16;/h2-4,8H,5,12H2,1H3;1H/t8-;/m0./s1. The Morgan fingerprint density at radius 2 is 2.22 bits per heavy atom. The Morgan fingerprint density at radius 1 is 1.61 bits per heavy atom. The highest BCUT2D eigenvalue weighted by molar-refractivity contribution is 5.85. The van der Waals surface area contributed by atoms with Crippen LogP contribution in [0.4, 0.5) is 10.1 Å². The van der Waals surface area contributed by atoms with Crippen molar-refractivity contribution in [2.45, 2.75) is 12.5 Å². The van der Waals surface area contributed by atoms with Crippen LogP contribution in [0, 0.1) is 15.9 Å². The molecule has 0 bridgehead atoms. The largest absolute Gasteiger partial charge is 0.469 e. The number of hydrogen-bond donors (Lipinski definition) is 1. The van der Waals surface area contributed by atoms with Crippen molar-refractivity contribution in [3.05, 3.63) is 39.7 Å². The summed E-state index contributed by atoms with van der Waals surface area (Å²) in [6.45, 7) is 0. The minimum Gasteiger partial charge on any atom is -0.469 e. The van der Waals surface area contributed by atoms with E-state index in [4.69, 9.17) is 5.73 Å². The molecule has 0 aliphatic heterocycles. The number of benzene rings is 1. The highest BCUT2D eigenvalue weighted by atomic mass is 35.5. The summed E-state index contributed by atoms with van der Waals surface area (Å²) in [6.07, 6.45) is -0.205. The van der Waals surface area contributed by atoms with Gasteiger partial charge in [0.1, 0.15) is 5.82 Å². The minimum absolute atomic E-state index is 0. The lowest BCUT2D eigenvalue weighted by molar-refractivity contribution is -0.385. The van der Waals surface area contributed by atoms with Crippen LogP contribution in [0.1, 0.15) is 18.0 Å². The van der Waals surface area contributed by atoms with Gasteiger partial charge in [0, 0.05) is 11.6 Å². The first kappa shape index (κ1) is 16.3. The number of rotatable bonds is 4. The third-order valence-corrected chi connectivity index (χ3v) is 2.20. The number of esters is 1. The molecule has 0 heterocycles. The normalized spacial score (nSPS) is 11.3. The van der Waals surface area contributed by atoms with E-state index in [1.807, 2.05) is 0 Å². The molecule has 0 radical (unpaired) electrons. The maximum Gasteiger partial charge on any atom is 0.307 e. The summed E-state index contributed by atoms with van der Waals surface area (Å²) in [5.41, 5.74) is 5.29. The molecule has 6 nitrogen and oxygen atoms in total. The van der Waals surface area contributed by atoms with Gasteiger partial charge in [-0.2, -0.15) is 0 Å². The zero-order chi connectivity index (χ0) is 13.0. The Bertz CT molecular complexity index is 456. The number of nitrogens with two attached hydrogens (primary N) is 1. The van der Waals surface area contributed by atoms with Crippen molar-refractivity contribution in [3.8, 4) is 0 Å². The van der Waals surface area contributed by atoms with Crippen LogP contribution < -0.4 is 5.73 Å². The monoisotopic (exact) mass is 278 g/mol. The molecule has 18 heavy (non-hydrogen) atoms. The molecule has 0 fully saturated rings. The Morgan fingerprint density at radius 3 is 2.72 bits per heavy atom. The van der Waals surface area contributed by atoms with E-state index in [2.05, 4.69) is 4.74 Å². The van der Waals surface area contributed by atoms with Gasteiger partial charge in [0.15, 0.2) is 0 Å². The number of carbonyl (C=O) groups is 1. The first-order chi connectivity index (χ1) is 7.95. The number of methoxy groups -OCH3 is 1. The van der Waals surface area contributed by atoms with Gasteiger partial charge in [-0.15, -0.1) is 12.4 Å². The Hall–Kier alpha value is -1.73. The molecule has 100 valence electrons. The molecule has 0 aliphatic carbocycles. The van der Waals surface area contributed by atoms with Crippen LogP contribution in [0.15, 0.2) is 18.2 Å². The second kappa shape index (κ2) is 6.87. The molecule has 0 aromatic heterocycles. The van der Waals surface area contributed by atoms with Gasteiger partial charge < -0.3 is 10.5 Å². The van der Waals surface area contributed by atoms with Gasteiger partial charge in [-0.1, -0.05) is 0 Å². The van der Waals surface area contributed by atoms with Gasteiger partial charge in [-0.05, 0) is 12.1 Å². The molecule has 1 atom stereocenters. The molecule has 0 saturated heterocycles. The Labute approximate surface area is 108 Å². The van der Waals surface area contributed by atoms with Crippen molar-refractivity contribution in [2.75, 3.05) is 7.11 Å². The van der Waals surface area contributed by atoms with Gasteiger partial charge in [0.05, 0.1) is 24.5 Å². The van der Waals surface area contributed by atoms with Crippen LogP contribution in [0.2, 0.25) is 0 Å². The molecule has 0 saturated carbocycles. The molecule has 1 aromatic carbocycles. The lowest BCUT2D eigenvalue weighted by Crippen LogP contribution is -2.17. The van der Waals surface area contributed by atoms with Crippen molar-refractivity contribution < 1.29 is 18.8 Å². The van der Waals surface area contributed by atoms with Gasteiger partial charge in [-0.3, -0.25) is 14.9 Å². The third-order valence-electron chi connectivity index (χ3n) is 2.20. The predicted molar refractivity (Wildman–Crippen MR) is 63.9 cm³/mol. The SMILES string of the molecule is COC(=O)C[C@H](N)c1ccc(F)cc1[N+](=O)[O-].Cl. The zero-order valence-electron chi connectivity index (χ0n) is 9.46. The molecule has 0 aliphatic rings. The summed E-state index contributed by atoms with van der Waals surface area (Å²) >= 11 is 0. The number of ether oxygens (including phenoxy) is 1. The maximum absolute atomic E-state index is 12.9. The van der Waals surface area contributed by atoms with Crippen molar-refractivity contribution >= 4 is 24.1 Å². The first-order valence-corrected chi connectivity index (χ1v) is 4.72. The number of nitro groups is 1. The Balaban J connectivity index is 0.00000289. The Kier molecular flexibility index (Phi) is 6.21. The maximum atomic E-state index is 12.9. The molecule has 1 aromatic rings. The van der Waals surface area contributed by atoms with Crippen LogP contribution in [-0.2, 0) is 9.53 Å². The number of hydrogen-bond acceptors (Lipinski definition) is 5. The number of carbonyl (C=O) groups excluding carboxylic acids is 1. The molecule has 1 rings (SSSR count). The number of nitrogens with zero attached hydrogens (tertiary/aromatic N) is 1. The van der Waals surface area contributed by atoms with E-state index in [1.54, 1.807) is 0 Å². The van der Waals surface area contributed by atoms with Gasteiger partial charge in [0.2, 0.25) is 0 Å². The van der Waals surface area contributed by atoms with E-state index >= 15 is 0 Å². The van der Waals surface area contributed by atoms with E-state index in [9.17, 15) is 19.3 Å². The highest BCUT2D eigenvalue weighted by Gasteiger charge is 2.22. The van der Waals surface area contributed by atoms with Crippen LogP contribution in [0.5, 0.6) is 0 Å². The van der Waals surface area contributed by atoms with E-state index in [0.717, 1.165) is 12.1 Å². The topological polar surface area (TPSA) is 95.5 Å². The number of halogens is 2. The quantitative estimate of drug-likeness (QED) is 0.514. The van der Waals surface area contributed by atoms with Crippen molar-refractivity contribution in [3.63, 3.8) is 0 Å². The molecular weight excluding hydrogens is 267 g/mol. The van der Waals surface area contributed by atoms with Crippen molar-refractivity contribution in [1.82, 2.24) is 0 Å². The second-order valence-corrected chi connectivity index (χ2v) is 3.35. The van der Waals surface area contributed by atoms with Gasteiger partial charge in [-0.25, -0.2) is 4.39 Å². The molecule has 8 heteroatoms. The molecule has 2 N–H and O–H groups in total. The molecule has 0 amide bonds. The fraction of sp³-hybridized carbons (Fsp3) is 0.300. The molecule has 0 unspecified atom stereocenters. The molecule has 0 spiro atoms. The highest BCUT2D eigenvalue weighted by Crippen LogP contribution is 2.26.